The Labute approximate surface area is 41.0 Å². The molecule has 6 heavy (non-hydrogen) atoms. The molecule has 0 aliphatic heterocycles. The van der Waals surface area contributed by atoms with E-state index in [1.54, 1.807) is 0 Å². The predicted molar refractivity (Wildman–Crippen MR) is 33.7 cm³/mol. The zero-order valence-corrected chi connectivity index (χ0v) is 6.28. The van der Waals surface area contributed by atoms with Crippen LogP contribution in [-0.2, 0) is 0 Å². The molecular formula is C4H13OP. The third-order valence-electron chi connectivity index (χ3n) is 0.762. The summed E-state index contributed by atoms with van der Waals surface area (Å²) in [5.41, 5.74) is 0. The van der Waals surface area contributed by atoms with Gasteiger partial charge in [0.15, 0.2) is 0 Å². The molecule has 40 valence electrons. The second-order valence-electron chi connectivity index (χ2n) is 1.43. The van der Waals surface area contributed by atoms with Gasteiger partial charge in [0.1, 0.15) is 0 Å². The molecule has 0 rings (SSSR count). The van der Waals surface area contributed by atoms with E-state index in [0.29, 0.717) is 6.61 Å². The first-order valence-electron chi connectivity index (χ1n) is 2.52. The minimum absolute atomic E-state index is 0.377. The van der Waals surface area contributed by atoms with Crippen molar-refractivity contribution in [1.82, 2.24) is 0 Å². The van der Waals surface area contributed by atoms with E-state index in [1.165, 1.54) is 21.8 Å². The molecule has 1 N–H and O–H groups in total. The molecule has 2 heteroatoms. The van der Waals surface area contributed by atoms with Gasteiger partial charge in [0.2, 0.25) is 0 Å². The Bertz CT molecular complexity index is 19.5. The van der Waals surface area contributed by atoms with Crippen molar-refractivity contribution in [2.24, 2.45) is 0 Å². The Balaban J connectivity index is 2.34. The standard InChI is InChI=1S/C4H13OP/c5-3-1-2-4-6/h5H,1-4H2,6H4. The monoisotopic (exact) mass is 108 g/mol. The molecule has 0 saturated heterocycles. The Morgan fingerprint density at radius 1 is 1.33 bits per heavy atom. The van der Waals surface area contributed by atoms with Crippen LogP contribution in [0.1, 0.15) is 12.8 Å². The van der Waals surface area contributed by atoms with E-state index >= 15 is 0 Å². The summed E-state index contributed by atoms with van der Waals surface area (Å²) in [4.78, 5) is 0. The molecule has 0 aliphatic rings. The predicted octanol–water partition coefficient (Wildman–Crippen LogP) is 0.0986. The van der Waals surface area contributed by atoms with Gasteiger partial charge in [-0.3, -0.25) is 0 Å². The third kappa shape index (κ3) is 4.39. The van der Waals surface area contributed by atoms with Gasteiger partial charge in [-0.1, -0.05) is 0 Å². The van der Waals surface area contributed by atoms with Crippen molar-refractivity contribution in [3.05, 3.63) is 0 Å². The van der Waals surface area contributed by atoms with Crippen LogP contribution in [0.3, 0.4) is 0 Å². The molecule has 0 atom stereocenters. The summed E-state index contributed by atoms with van der Waals surface area (Å²) in [5, 5.41) is 8.21. The molecule has 0 aromatic carbocycles. The van der Waals surface area contributed by atoms with Crippen LogP contribution in [0.2, 0.25) is 0 Å². The van der Waals surface area contributed by atoms with Crippen LogP contribution in [0.15, 0.2) is 0 Å². The van der Waals surface area contributed by atoms with Crippen LogP contribution in [0.25, 0.3) is 0 Å². The second kappa shape index (κ2) is 5.39. The average Bonchev–Trinajstić information content (AvgIpc) is 1.61. The number of rotatable bonds is 3. The Morgan fingerprint density at radius 2 is 2.00 bits per heavy atom. The zero-order chi connectivity index (χ0) is 4.83. The number of hydrogen-bond acceptors (Lipinski definition) is 1. The molecule has 0 spiro atoms. The molecule has 1 nitrogen and oxygen atoms in total. The van der Waals surface area contributed by atoms with Crippen LogP contribution >= 0.6 is 9.24 Å². The molecule has 0 fully saturated rings. The van der Waals surface area contributed by atoms with E-state index in [2.05, 4.69) is 0 Å². The van der Waals surface area contributed by atoms with E-state index in [-0.39, 0.29) is 0 Å². The molecular weight excluding hydrogens is 95.0 g/mol. The van der Waals surface area contributed by atoms with Crippen LogP contribution in [-0.4, -0.2) is 17.9 Å². The van der Waals surface area contributed by atoms with E-state index in [4.69, 9.17) is 5.11 Å². The SMILES string of the molecule is OCCCC[PH4]. The maximum atomic E-state index is 8.21. The first kappa shape index (κ1) is 6.39. The molecule has 0 radical (unpaired) electrons. The van der Waals surface area contributed by atoms with Crippen LogP contribution < -0.4 is 0 Å². The Morgan fingerprint density at radius 3 is 2.17 bits per heavy atom. The normalized spacial score (nSPS) is 9.17. The van der Waals surface area contributed by atoms with E-state index < -0.39 is 0 Å². The van der Waals surface area contributed by atoms with Crippen molar-refractivity contribution >= 4 is 9.24 Å². The van der Waals surface area contributed by atoms with Crippen molar-refractivity contribution < 1.29 is 5.11 Å². The van der Waals surface area contributed by atoms with E-state index in [0.717, 1.165) is 6.42 Å². The van der Waals surface area contributed by atoms with Crippen molar-refractivity contribution in [3.63, 3.8) is 0 Å². The number of aliphatic hydroxyl groups excluding tert-OH is 1. The molecule has 0 saturated carbocycles. The van der Waals surface area contributed by atoms with Gasteiger partial charge in [-0.15, -0.1) is 0 Å². The number of unbranched alkanes of at least 4 members (excludes halogenated alkanes) is 1. The van der Waals surface area contributed by atoms with E-state index in [9.17, 15) is 0 Å². The second-order valence-corrected chi connectivity index (χ2v) is 2.43. The molecule has 0 aliphatic carbocycles. The van der Waals surface area contributed by atoms with Crippen LogP contribution in [0.5, 0.6) is 0 Å². The van der Waals surface area contributed by atoms with Gasteiger partial charge >= 0.3 is 40.0 Å². The van der Waals surface area contributed by atoms with Gasteiger partial charge in [0.25, 0.3) is 0 Å². The summed E-state index contributed by atoms with van der Waals surface area (Å²) in [6.07, 6.45) is 3.56. The van der Waals surface area contributed by atoms with Crippen molar-refractivity contribution in [2.45, 2.75) is 12.8 Å². The summed E-state index contributed by atoms with van der Waals surface area (Å²) in [6, 6.07) is 0. The summed E-state index contributed by atoms with van der Waals surface area (Å²) >= 11 is 0. The number of aliphatic hydroxyl groups is 1. The molecule has 0 unspecified atom stereocenters. The van der Waals surface area contributed by atoms with Gasteiger partial charge in [0.05, 0.1) is 0 Å². The molecule has 0 aromatic rings. The fourth-order valence-electron chi connectivity index (χ4n) is 0.362. The maximum absolute atomic E-state index is 8.21. The topological polar surface area (TPSA) is 20.2 Å². The van der Waals surface area contributed by atoms with Gasteiger partial charge in [-0.05, 0) is 0 Å². The van der Waals surface area contributed by atoms with Gasteiger partial charge in [-0.2, -0.15) is 0 Å². The molecule has 0 heterocycles. The molecule has 0 aromatic heterocycles. The molecule has 0 amide bonds. The van der Waals surface area contributed by atoms with Crippen molar-refractivity contribution in [2.75, 3.05) is 12.8 Å². The summed E-state index contributed by atoms with van der Waals surface area (Å²) < 4.78 is 0. The van der Waals surface area contributed by atoms with Gasteiger partial charge in [0, 0.05) is 0 Å². The number of hydrogen-bond donors (Lipinski definition) is 1. The zero-order valence-electron chi connectivity index (χ0n) is 4.28. The fraction of sp³-hybridized carbons (Fsp3) is 1.00. The van der Waals surface area contributed by atoms with Crippen LogP contribution in [0, 0.1) is 0 Å². The summed E-state index contributed by atoms with van der Waals surface area (Å²) in [6.45, 7) is 0.377. The van der Waals surface area contributed by atoms with E-state index in [1.807, 2.05) is 0 Å². The van der Waals surface area contributed by atoms with Gasteiger partial charge < -0.3 is 0 Å². The van der Waals surface area contributed by atoms with Gasteiger partial charge in [-0.25, -0.2) is 0 Å². The average molecular weight is 108 g/mol. The van der Waals surface area contributed by atoms with Crippen molar-refractivity contribution in [1.29, 1.82) is 0 Å². The first-order chi connectivity index (χ1) is 2.91. The minimum atomic E-state index is 0.377. The Hall–Kier alpha value is 0.390. The summed E-state index contributed by atoms with van der Waals surface area (Å²) in [5.74, 6) is 0. The summed E-state index contributed by atoms with van der Waals surface area (Å²) in [7, 11) is 1.29. The third-order valence-corrected chi connectivity index (χ3v) is 1.47. The van der Waals surface area contributed by atoms with Crippen LogP contribution in [0.4, 0.5) is 0 Å². The fourth-order valence-corrected chi connectivity index (χ4v) is 0.862. The molecule has 0 bridgehead atoms. The first-order valence-corrected chi connectivity index (χ1v) is 3.94. The Kier molecular flexibility index (Phi) is 5.74. The van der Waals surface area contributed by atoms with Crippen molar-refractivity contribution in [3.8, 4) is 0 Å². The quantitative estimate of drug-likeness (QED) is 0.401.